The number of benzene rings is 1. The Kier molecular flexibility index (Phi) is 3.94. The normalized spacial score (nSPS) is 21.7. The summed E-state index contributed by atoms with van der Waals surface area (Å²) in [6, 6.07) is 5.22. The molecule has 2 rings (SSSR count). The maximum absolute atomic E-state index is 12.4. The summed E-state index contributed by atoms with van der Waals surface area (Å²) in [5, 5.41) is 0. The van der Waals surface area contributed by atoms with Crippen LogP contribution in [0.2, 0.25) is 0 Å². The SMILES string of the molecule is CC1CN(Cc2ccc(C(F)(F)F)cc2)CCC1=O. The van der Waals surface area contributed by atoms with Crippen molar-refractivity contribution in [3.05, 3.63) is 35.4 Å². The van der Waals surface area contributed by atoms with Crippen molar-refractivity contribution in [3.63, 3.8) is 0 Å². The number of likely N-dealkylation sites (tertiary alicyclic amines) is 1. The first-order valence-electron chi connectivity index (χ1n) is 6.27. The zero-order valence-corrected chi connectivity index (χ0v) is 10.7. The van der Waals surface area contributed by atoms with Crippen molar-refractivity contribution in [3.8, 4) is 0 Å². The Hall–Kier alpha value is -1.36. The van der Waals surface area contributed by atoms with Crippen molar-refractivity contribution in [2.45, 2.75) is 26.1 Å². The van der Waals surface area contributed by atoms with E-state index >= 15 is 0 Å². The Bertz CT molecular complexity index is 453. The summed E-state index contributed by atoms with van der Waals surface area (Å²) in [7, 11) is 0. The third-order valence-corrected chi connectivity index (χ3v) is 3.44. The fourth-order valence-corrected chi connectivity index (χ4v) is 2.30. The quantitative estimate of drug-likeness (QED) is 0.823. The largest absolute Gasteiger partial charge is 0.416 e. The smallest absolute Gasteiger partial charge is 0.299 e. The van der Waals surface area contributed by atoms with Gasteiger partial charge in [0.2, 0.25) is 0 Å². The topological polar surface area (TPSA) is 20.3 Å². The Labute approximate surface area is 110 Å². The van der Waals surface area contributed by atoms with Crippen LogP contribution >= 0.6 is 0 Å². The predicted octanol–water partition coefficient (Wildman–Crippen LogP) is 3.12. The van der Waals surface area contributed by atoms with Crippen LogP contribution in [0, 0.1) is 5.92 Å². The summed E-state index contributed by atoms with van der Waals surface area (Å²) < 4.78 is 37.3. The minimum Gasteiger partial charge on any atom is -0.299 e. The number of nitrogens with zero attached hydrogens (tertiary/aromatic N) is 1. The van der Waals surface area contributed by atoms with E-state index in [0.29, 0.717) is 26.1 Å². The molecule has 1 fully saturated rings. The Morgan fingerprint density at radius 1 is 1.26 bits per heavy atom. The number of halogens is 3. The van der Waals surface area contributed by atoms with E-state index < -0.39 is 11.7 Å². The zero-order valence-electron chi connectivity index (χ0n) is 10.7. The van der Waals surface area contributed by atoms with Gasteiger partial charge in [-0.05, 0) is 17.7 Å². The highest BCUT2D eigenvalue weighted by Gasteiger charge is 2.30. The van der Waals surface area contributed by atoms with E-state index in [1.54, 1.807) is 0 Å². The molecule has 1 saturated heterocycles. The Balaban J connectivity index is 1.98. The molecule has 0 spiro atoms. The van der Waals surface area contributed by atoms with Gasteiger partial charge in [-0.15, -0.1) is 0 Å². The number of carbonyl (C=O) groups excluding carboxylic acids is 1. The highest BCUT2D eigenvalue weighted by molar-refractivity contribution is 5.81. The number of Topliss-reactive ketones (excluding diaryl/α,β-unsaturated/α-hetero) is 1. The van der Waals surface area contributed by atoms with Gasteiger partial charge in [-0.25, -0.2) is 0 Å². The number of hydrogen-bond acceptors (Lipinski definition) is 2. The molecule has 104 valence electrons. The van der Waals surface area contributed by atoms with Crippen molar-refractivity contribution in [2.75, 3.05) is 13.1 Å². The third kappa shape index (κ3) is 3.56. The van der Waals surface area contributed by atoms with Crippen LogP contribution in [0.25, 0.3) is 0 Å². The lowest BCUT2D eigenvalue weighted by Gasteiger charge is -2.29. The molecule has 0 N–H and O–H groups in total. The van der Waals surface area contributed by atoms with Gasteiger partial charge in [-0.1, -0.05) is 19.1 Å². The maximum atomic E-state index is 12.4. The van der Waals surface area contributed by atoms with Gasteiger partial charge in [-0.2, -0.15) is 13.2 Å². The molecule has 1 aliphatic heterocycles. The van der Waals surface area contributed by atoms with E-state index in [1.165, 1.54) is 12.1 Å². The molecule has 1 aromatic rings. The second-order valence-corrected chi connectivity index (χ2v) is 5.05. The fourth-order valence-electron chi connectivity index (χ4n) is 2.30. The fraction of sp³-hybridized carbons (Fsp3) is 0.500. The second-order valence-electron chi connectivity index (χ2n) is 5.05. The molecule has 2 nitrogen and oxygen atoms in total. The molecule has 1 atom stereocenters. The van der Waals surface area contributed by atoms with E-state index in [0.717, 1.165) is 17.7 Å². The summed E-state index contributed by atoms with van der Waals surface area (Å²) in [5.74, 6) is 0.284. The van der Waals surface area contributed by atoms with Gasteiger partial charge < -0.3 is 0 Å². The number of ketones is 1. The number of rotatable bonds is 2. The van der Waals surface area contributed by atoms with Gasteiger partial charge in [0, 0.05) is 32.0 Å². The summed E-state index contributed by atoms with van der Waals surface area (Å²) in [6.07, 6.45) is -3.76. The van der Waals surface area contributed by atoms with Gasteiger partial charge in [0.1, 0.15) is 5.78 Å². The number of piperidine rings is 1. The average Bonchev–Trinajstić information content (AvgIpc) is 2.33. The Morgan fingerprint density at radius 2 is 1.89 bits per heavy atom. The molecule has 1 aromatic carbocycles. The molecule has 5 heteroatoms. The molecule has 0 bridgehead atoms. The monoisotopic (exact) mass is 271 g/mol. The van der Waals surface area contributed by atoms with Crippen LogP contribution in [-0.2, 0) is 17.5 Å². The van der Waals surface area contributed by atoms with E-state index in [1.807, 2.05) is 6.92 Å². The minimum absolute atomic E-state index is 0.0169. The summed E-state index contributed by atoms with van der Waals surface area (Å²) in [6.45, 7) is 3.85. The Morgan fingerprint density at radius 3 is 2.42 bits per heavy atom. The molecule has 0 aromatic heterocycles. The third-order valence-electron chi connectivity index (χ3n) is 3.44. The van der Waals surface area contributed by atoms with Gasteiger partial charge >= 0.3 is 6.18 Å². The maximum Gasteiger partial charge on any atom is 0.416 e. The highest BCUT2D eigenvalue weighted by atomic mass is 19.4. The van der Waals surface area contributed by atoms with Crippen LogP contribution in [-0.4, -0.2) is 23.8 Å². The van der Waals surface area contributed by atoms with Crippen LogP contribution in [0.15, 0.2) is 24.3 Å². The van der Waals surface area contributed by atoms with Crippen LogP contribution in [0.5, 0.6) is 0 Å². The molecule has 1 unspecified atom stereocenters. The summed E-state index contributed by atoms with van der Waals surface area (Å²) >= 11 is 0. The van der Waals surface area contributed by atoms with Crippen LogP contribution in [0.1, 0.15) is 24.5 Å². The summed E-state index contributed by atoms with van der Waals surface area (Å²) in [4.78, 5) is 13.5. The predicted molar refractivity (Wildman–Crippen MR) is 65.5 cm³/mol. The second kappa shape index (κ2) is 5.33. The van der Waals surface area contributed by atoms with Crippen molar-refractivity contribution in [1.29, 1.82) is 0 Å². The minimum atomic E-state index is -4.29. The summed E-state index contributed by atoms with van der Waals surface area (Å²) in [5.41, 5.74) is 0.216. The lowest BCUT2D eigenvalue weighted by molar-refractivity contribution is -0.137. The number of hydrogen-bond donors (Lipinski definition) is 0. The van der Waals surface area contributed by atoms with Crippen LogP contribution in [0.3, 0.4) is 0 Å². The van der Waals surface area contributed by atoms with Crippen molar-refractivity contribution >= 4 is 5.78 Å². The molecule has 0 radical (unpaired) electrons. The van der Waals surface area contributed by atoms with E-state index in [9.17, 15) is 18.0 Å². The first-order valence-corrected chi connectivity index (χ1v) is 6.27. The zero-order chi connectivity index (χ0) is 14.0. The van der Waals surface area contributed by atoms with Crippen molar-refractivity contribution < 1.29 is 18.0 Å². The van der Waals surface area contributed by atoms with Crippen molar-refractivity contribution in [1.82, 2.24) is 4.90 Å². The number of alkyl halides is 3. The molecule has 1 aliphatic rings. The standard InChI is InChI=1S/C14H16F3NO/c1-10-8-18(7-6-13(10)19)9-11-2-4-12(5-3-11)14(15,16)17/h2-5,10H,6-9H2,1H3. The van der Waals surface area contributed by atoms with E-state index in [4.69, 9.17) is 0 Å². The van der Waals surface area contributed by atoms with Crippen LogP contribution in [0.4, 0.5) is 13.2 Å². The highest BCUT2D eigenvalue weighted by Crippen LogP contribution is 2.29. The van der Waals surface area contributed by atoms with Crippen LogP contribution < -0.4 is 0 Å². The molecular weight excluding hydrogens is 255 g/mol. The van der Waals surface area contributed by atoms with Crippen molar-refractivity contribution in [2.24, 2.45) is 5.92 Å². The number of carbonyl (C=O) groups is 1. The molecular formula is C14H16F3NO. The van der Waals surface area contributed by atoms with Gasteiger partial charge in [0.05, 0.1) is 5.56 Å². The molecule has 1 heterocycles. The lowest BCUT2D eigenvalue weighted by Crippen LogP contribution is -2.39. The molecule has 0 saturated carbocycles. The average molecular weight is 271 g/mol. The molecule has 0 aliphatic carbocycles. The first kappa shape index (κ1) is 14.1. The lowest BCUT2D eigenvalue weighted by atomic mass is 9.98. The molecule has 0 amide bonds. The molecule has 19 heavy (non-hydrogen) atoms. The van der Waals surface area contributed by atoms with Gasteiger partial charge in [0.25, 0.3) is 0 Å². The van der Waals surface area contributed by atoms with E-state index in [-0.39, 0.29) is 11.7 Å². The van der Waals surface area contributed by atoms with E-state index in [2.05, 4.69) is 4.90 Å². The van der Waals surface area contributed by atoms with Gasteiger partial charge in [-0.3, -0.25) is 9.69 Å². The van der Waals surface area contributed by atoms with Gasteiger partial charge in [0.15, 0.2) is 0 Å². The first-order chi connectivity index (χ1) is 8.86.